The van der Waals surface area contributed by atoms with E-state index in [2.05, 4.69) is 10.0 Å². The molecule has 0 aliphatic carbocycles. The van der Waals surface area contributed by atoms with Crippen molar-refractivity contribution < 1.29 is 27.1 Å². The van der Waals surface area contributed by atoms with Gasteiger partial charge < -0.3 is 14.8 Å². The van der Waals surface area contributed by atoms with Crippen LogP contribution in [0.3, 0.4) is 0 Å². The SMILES string of the molecule is COc1ccc(CNC(=O)[C@H](Cc2ccccc2)NS(=O)(=O)c2ccccc2F)cc1OC. The van der Waals surface area contributed by atoms with Gasteiger partial charge in [0.25, 0.3) is 0 Å². The lowest BCUT2D eigenvalue weighted by Gasteiger charge is -2.19. The Bertz CT molecular complexity index is 1200. The summed E-state index contributed by atoms with van der Waals surface area (Å²) < 4.78 is 52.6. The van der Waals surface area contributed by atoms with Gasteiger partial charge in [-0.15, -0.1) is 0 Å². The lowest BCUT2D eigenvalue weighted by atomic mass is 10.1. The molecular weight excluding hydrogens is 447 g/mol. The van der Waals surface area contributed by atoms with Crippen LogP contribution in [0.4, 0.5) is 4.39 Å². The molecule has 0 saturated carbocycles. The number of carbonyl (C=O) groups is 1. The van der Waals surface area contributed by atoms with Crippen LogP contribution in [-0.2, 0) is 27.8 Å². The molecule has 1 atom stereocenters. The standard InChI is InChI=1S/C24H25FN2O5S/c1-31-21-13-12-18(15-22(21)32-2)16-26-24(28)20(14-17-8-4-3-5-9-17)27-33(29,30)23-11-7-6-10-19(23)25/h3-13,15,20,27H,14,16H2,1-2H3,(H,26,28)/t20-/m0/s1. The molecule has 0 heterocycles. The van der Waals surface area contributed by atoms with E-state index in [0.29, 0.717) is 11.5 Å². The normalized spacial score (nSPS) is 12.1. The first-order valence-electron chi connectivity index (χ1n) is 10.1. The number of hydrogen-bond acceptors (Lipinski definition) is 5. The summed E-state index contributed by atoms with van der Waals surface area (Å²) in [6.45, 7) is 0.131. The first-order valence-corrected chi connectivity index (χ1v) is 11.6. The summed E-state index contributed by atoms with van der Waals surface area (Å²) in [4.78, 5) is 12.5. The molecule has 3 rings (SSSR count). The second-order valence-electron chi connectivity index (χ2n) is 7.20. The van der Waals surface area contributed by atoms with Gasteiger partial charge in [-0.1, -0.05) is 48.5 Å². The number of hydrogen-bond donors (Lipinski definition) is 2. The van der Waals surface area contributed by atoms with E-state index in [-0.39, 0.29) is 13.0 Å². The van der Waals surface area contributed by atoms with Crippen molar-refractivity contribution >= 4 is 15.9 Å². The van der Waals surface area contributed by atoms with Crippen LogP contribution in [0.1, 0.15) is 11.1 Å². The second-order valence-corrected chi connectivity index (χ2v) is 8.88. The molecule has 3 aromatic rings. The van der Waals surface area contributed by atoms with E-state index < -0.39 is 32.7 Å². The molecule has 0 aliphatic heterocycles. The van der Waals surface area contributed by atoms with Gasteiger partial charge in [-0.05, 0) is 41.8 Å². The van der Waals surface area contributed by atoms with Crippen molar-refractivity contribution in [3.63, 3.8) is 0 Å². The number of halogens is 1. The molecule has 0 aliphatic rings. The zero-order valence-electron chi connectivity index (χ0n) is 18.2. The van der Waals surface area contributed by atoms with Gasteiger partial charge >= 0.3 is 0 Å². The maximum atomic E-state index is 14.1. The smallest absolute Gasteiger partial charge is 0.244 e. The maximum Gasteiger partial charge on any atom is 0.244 e. The van der Waals surface area contributed by atoms with Crippen molar-refractivity contribution in [1.82, 2.24) is 10.0 Å². The fourth-order valence-electron chi connectivity index (χ4n) is 3.25. The molecule has 0 spiro atoms. The van der Waals surface area contributed by atoms with Gasteiger partial charge in [0.1, 0.15) is 16.8 Å². The van der Waals surface area contributed by atoms with Crippen molar-refractivity contribution in [2.24, 2.45) is 0 Å². The fourth-order valence-corrected chi connectivity index (χ4v) is 4.53. The Morgan fingerprint density at radius 3 is 2.24 bits per heavy atom. The summed E-state index contributed by atoms with van der Waals surface area (Å²) in [5, 5.41) is 2.74. The predicted octanol–water partition coefficient (Wildman–Crippen LogP) is 3.05. The van der Waals surface area contributed by atoms with E-state index in [4.69, 9.17) is 9.47 Å². The molecule has 2 N–H and O–H groups in total. The summed E-state index contributed by atoms with van der Waals surface area (Å²) in [5.41, 5.74) is 1.48. The number of methoxy groups -OCH3 is 2. The van der Waals surface area contributed by atoms with Gasteiger partial charge in [-0.2, -0.15) is 4.72 Å². The third-order valence-corrected chi connectivity index (χ3v) is 6.44. The lowest BCUT2D eigenvalue weighted by Crippen LogP contribution is -2.47. The quantitative estimate of drug-likeness (QED) is 0.473. The van der Waals surface area contributed by atoms with Crippen LogP contribution >= 0.6 is 0 Å². The van der Waals surface area contributed by atoms with E-state index in [0.717, 1.165) is 23.3 Å². The number of benzene rings is 3. The number of ether oxygens (including phenoxy) is 2. The van der Waals surface area contributed by atoms with Crippen LogP contribution < -0.4 is 19.5 Å². The first-order chi connectivity index (χ1) is 15.8. The third-order valence-electron chi connectivity index (χ3n) is 4.94. The number of rotatable bonds is 10. The van der Waals surface area contributed by atoms with Crippen molar-refractivity contribution in [2.45, 2.75) is 23.9 Å². The average Bonchev–Trinajstić information content (AvgIpc) is 2.82. The predicted molar refractivity (Wildman–Crippen MR) is 122 cm³/mol. The molecule has 1 amide bonds. The minimum absolute atomic E-state index is 0.0896. The summed E-state index contributed by atoms with van der Waals surface area (Å²) in [5.74, 6) is -0.389. The minimum Gasteiger partial charge on any atom is -0.493 e. The molecule has 0 radical (unpaired) electrons. The zero-order chi connectivity index (χ0) is 23.8. The van der Waals surface area contributed by atoms with Gasteiger partial charge in [-0.3, -0.25) is 4.79 Å². The highest BCUT2D eigenvalue weighted by molar-refractivity contribution is 7.89. The number of amides is 1. The highest BCUT2D eigenvalue weighted by atomic mass is 32.2. The summed E-state index contributed by atoms with van der Waals surface area (Å²) in [7, 11) is -1.25. The fraction of sp³-hybridized carbons (Fsp3) is 0.208. The van der Waals surface area contributed by atoms with E-state index in [1.54, 1.807) is 42.5 Å². The highest BCUT2D eigenvalue weighted by Gasteiger charge is 2.27. The molecule has 33 heavy (non-hydrogen) atoms. The highest BCUT2D eigenvalue weighted by Crippen LogP contribution is 2.27. The Hall–Kier alpha value is -3.43. The van der Waals surface area contributed by atoms with Crippen LogP contribution in [0, 0.1) is 5.82 Å². The van der Waals surface area contributed by atoms with E-state index >= 15 is 0 Å². The first kappa shape index (κ1) is 24.2. The second kappa shape index (κ2) is 10.9. The Morgan fingerprint density at radius 1 is 0.909 bits per heavy atom. The van der Waals surface area contributed by atoms with Crippen LogP contribution in [-0.4, -0.2) is 34.6 Å². The molecule has 0 bridgehead atoms. The number of carbonyl (C=O) groups excluding carboxylic acids is 1. The molecule has 0 fully saturated rings. The minimum atomic E-state index is -4.28. The van der Waals surface area contributed by atoms with Crippen LogP contribution in [0.5, 0.6) is 11.5 Å². The van der Waals surface area contributed by atoms with Crippen LogP contribution in [0.2, 0.25) is 0 Å². The molecular formula is C24H25FN2O5S. The molecule has 3 aromatic carbocycles. The van der Waals surface area contributed by atoms with Crippen LogP contribution in [0.15, 0.2) is 77.7 Å². The maximum absolute atomic E-state index is 14.1. The van der Waals surface area contributed by atoms with Crippen molar-refractivity contribution in [2.75, 3.05) is 14.2 Å². The Balaban J connectivity index is 1.80. The Morgan fingerprint density at radius 2 is 1.58 bits per heavy atom. The number of sulfonamides is 1. The largest absolute Gasteiger partial charge is 0.493 e. The molecule has 0 aromatic heterocycles. The molecule has 0 unspecified atom stereocenters. The monoisotopic (exact) mass is 472 g/mol. The lowest BCUT2D eigenvalue weighted by molar-refractivity contribution is -0.122. The zero-order valence-corrected chi connectivity index (χ0v) is 19.1. The molecule has 7 nitrogen and oxygen atoms in total. The van der Waals surface area contributed by atoms with Gasteiger partial charge in [0.15, 0.2) is 11.5 Å². The number of nitrogens with one attached hydrogen (secondary N) is 2. The van der Waals surface area contributed by atoms with Crippen molar-refractivity contribution in [1.29, 1.82) is 0 Å². The van der Waals surface area contributed by atoms with Gasteiger partial charge in [-0.25, -0.2) is 12.8 Å². The topological polar surface area (TPSA) is 93.7 Å². The average molecular weight is 473 g/mol. The summed E-state index contributed by atoms with van der Waals surface area (Å²) in [6.07, 6.45) is 0.0896. The summed E-state index contributed by atoms with van der Waals surface area (Å²) in [6, 6.07) is 18.0. The molecule has 174 valence electrons. The van der Waals surface area contributed by atoms with E-state index in [9.17, 15) is 17.6 Å². The Labute approximate surface area is 192 Å². The Kier molecular flexibility index (Phi) is 8.02. The molecule has 0 saturated heterocycles. The van der Waals surface area contributed by atoms with Crippen molar-refractivity contribution in [3.05, 3.63) is 89.7 Å². The van der Waals surface area contributed by atoms with Gasteiger partial charge in [0.2, 0.25) is 15.9 Å². The van der Waals surface area contributed by atoms with E-state index in [1.165, 1.54) is 26.4 Å². The van der Waals surface area contributed by atoms with E-state index in [1.807, 2.05) is 6.07 Å². The van der Waals surface area contributed by atoms with Gasteiger partial charge in [0.05, 0.1) is 14.2 Å². The van der Waals surface area contributed by atoms with Gasteiger partial charge in [0, 0.05) is 6.54 Å². The van der Waals surface area contributed by atoms with Crippen LogP contribution in [0.25, 0.3) is 0 Å². The summed E-state index contributed by atoms with van der Waals surface area (Å²) >= 11 is 0. The van der Waals surface area contributed by atoms with Crippen molar-refractivity contribution in [3.8, 4) is 11.5 Å². The molecule has 9 heteroatoms. The third kappa shape index (κ3) is 6.30.